The van der Waals surface area contributed by atoms with Gasteiger partial charge in [-0.2, -0.15) is 0 Å². The molecule has 0 saturated heterocycles. The zero-order valence-corrected chi connectivity index (χ0v) is 14.1. The minimum Gasteiger partial charge on any atom is -0.497 e. The maximum absolute atomic E-state index is 12.2. The molecule has 1 N–H and O–H groups in total. The van der Waals surface area contributed by atoms with E-state index in [2.05, 4.69) is 21.2 Å². The Morgan fingerprint density at radius 3 is 2.41 bits per heavy atom. The zero-order valence-electron chi connectivity index (χ0n) is 12.5. The molecule has 0 fully saturated rings. The summed E-state index contributed by atoms with van der Waals surface area (Å²) >= 11 is 3.37. The number of methoxy groups -OCH3 is 1. The number of nitrogens with one attached hydrogen (secondary N) is 1. The third kappa shape index (κ3) is 4.49. The molecular formula is C17H18BrNO3. The van der Waals surface area contributed by atoms with Crippen molar-refractivity contribution in [2.75, 3.05) is 13.7 Å². The van der Waals surface area contributed by atoms with Crippen molar-refractivity contribution >= 4 is 21.8 Å². The van der Waals surface area contributed by atoms with Crippen LogP contribution in [0.2, 0.25) is 0 Å². The highest BCUT2D eigenvalue weighted by Crippen LogP contribution is 2.18. The Kier molecular flexibility index (Phi) is 5.83. The first-order valence-corrected chi connectivity index (χ1v) is 7.71. The molecule has 116 valence electrons. The fraction of sp³-hybridized carbons (Fsp3) is 0.235. The molecule has 0 heterocycles. The molecule has 0 radical (unpaired) electrons. The molecule has 5 heteroatoms. The second kappa shape index (κ2) is 7.84. The van der Waals surface area contributed by atoms with E-state index < -0.39 is 0 Å². The van der Waals surface area contributed by atoms with E-state index in [0.29, 0.717) is 12.2 Å². The Labute approximate surface area is 138 Å². The SMILES string of the molecule is COc1ccc(OCC(C)NC(=O)c2ccccc2Br)cc1. The molecule has 1 amide bonds. The predicted octanol–water partition coefficient (Wildman–Crippen LogP) is 3.66. The van der Waals surface area contributed by atoms with Crippen molar-refractivity contribution in [2.24, 2.45) is 0 Å². The van der Waals surface area contributed by atoms with Gasteiger partial charge in [-0.15, -0.1) is 0 Å². The number of carbonyl (C=O) groups excluding carboxylic acids is 1. The number of benzene rings is 2. The highest BCUT2D eigenvalue weighted by molar-refractivity contribution is 9.10. The number of hydrogen-bond donors (Lipinski definition) is 1. The van der Waals surface area contributed by atoms with Gasteiger partial charge < -0.3 is 14.8 Å². The van der Waals surface area contributed by atoms with Crippen molar-refractivity contribution in [1.82, 2.24) is 5.32 Å². The van der Waals surface area contributed by atoms with E-state index in [4.69, 9.17) is 9.47 Å². The molecule has 0 spiro atoms. The number of halogens is 1. The third-order valence-electron chi connectivity index (χ3n) is 3.06. The minimum absolute atomic E-state index is 0.110. The van der Waals surface area contributed by atoms with Crippen LogP contribution in [0.5, 0.6) is 11.5 Å². The largest absolute Gasteiger partial charge is 0.497 e. The molecule has 1 unspecified atom stereocenters. The van der Waals surface area contributed by atoms with Gasteiger partial charge in [0.25, 0.3) is 5.91 Å². The Bertz CT molecular complexity index is 628. The summed E-state index contributed by atoms with van der Waals surface area (Å²) in [5, 5.41) is 2.91. The maximum Gasteiger partial charge on any atom is 0.252 e. The van der Waals surface area contributed by atoms with Crippen molar-refractivity contribution in [2.45, 2.75) is 13.0 Å². The van der Waals surface area contributed by atoms with E-state index >= 15 is 0 Å². The highest BCUT2D eigenvalue weighted by Gasteiger charge is 2.12. The average Bonchev–Trinajstić information content (AvgIpc) is 2.53. The summed E-state index contributed by atoms with van der Waals surface area (Å²) < 4.78 is 11.5. The van der Waals surface area contributed by atoms with Gasteiger partial charge in [0.2, 0.25) is 0 Å². The van der Waals surface area contributed by atoms with Crippen LogP contribution in [0.1, 0.15) is 17.3 Å². The first-order chi connectivity index (χ1) is 10.6. The van der Waals surface area contributed by atoms with E-state index in [0.717, 1.165) is 16.0 Å². The number of ether oxygens (including phenoxy) is 2. The third-order valence-corrected chi connectivity index (χ3v) is 3.75. The number of carbonyl (C=O) groups is 1. The lowest BCUT2D eigenvalue weighted by molar-refractivity contribution is 0.0926. The van der Waals surface area contributed by atoms with Crippen LogP contribution in [0.3, 0.4) is 0 Å². The van der Waals surface area contributed by atoms with Gasteiger partial charge in [0, 0.05) is 4.47 Å². The molecule has 0 aliphatic rings. The molecule has 4 nitrogen and oxygen atoms in total. The monoisotopic (exact) mass is 363 g/mol. The predicted molar refractivity (Wildman–Crippen MR) is 89.6 cm³/mol. The van der Waals surface area contributed by atoms with Crippen LogP contribution < -0.4 is 14.8 Å². The summed E-state index contributed by atoms with van der Waals surface area (Å²) in [6.45, 7) is 2.29. The molecule has 2 aromatic rings. The van der Waals surface area contributed by atoms with Crippen molar-refractivity contribution in [3.63, 3.8) is 0 Å². The van der Waals surface area contributed by atoms with Crippen LogP contribution >= 0.6 is 15.9 Å². The molecule has 22 heavy (non-hydrogen) atoms. The second-order valence-electron chi connectivity index (χ2n) is 4.84. The van der Waals surface area contributed by atoms with Gasteiger partial charge in [0.05, 0.1) is 18.7 Å². The molecule has 2 rings (SSSR count). The van der Waals surface area contributed by atoms with Gasteiger partial charge in [-0.1, -0.05) is 12.1 Å². The Balaban J connectivity index is 1.86. The van der Waals surface area contributed by atoms with Crippen molar-refractivity contribution in [3.05, 3.63) is 58.6 Å². The van der Waals surface area contributed by atoms with Crippen molar-refractivity contribution in [1.29, 1.82) is 0 Å². The van der Waals surface area contributed by atoms with Gasteiger partial charge in [-0.25, -0.2) is 0 Å². The topological polar surface area (TPSA) is 47.6 Å². The molecule has 0 saturated carbocycles. The van der Waals surface area contributed by atoms with Gasteiger partial charge >= 0.3 is 0 Å². The molecule has 0 bridgehead atoms. The van der Waals surface area contributed by atoms with E-state index in [9.17, 15) is 4.79 Å². The van der Waals surface area contributed by atoms with Crippen LogP contribution in [0.15, 0.2) is 53.0 Å². The minimum atomic E-state index is -0.127. The smallest absolute Gasteiger partial charge is 0.252 e. The number of amides is 1. The molecule has 0 aliphatic heterocycles. The van der Waals surface area contributed by atoms with E-state index in [1.165, 1.54) is 0 Å². The highest BCUT2D eigenvalue weighted by atomic mass is 79.9. The summed E-state index contributed by atoms with van der Waals surface area (Å²) in [6, 6.07) is 14.5. The molecule has 1 atom stereocenters. The maximum atomic E-state index is 12.2. The van der Waals surface area contributed by atoms with Crippen LogP contribution in [0.25, 0.3) is 0 Å². The number of hydrogen-bond acceptors (Lipinski definition) is 3. The quantitative estimate of drug-likeness (QED) is 0.851. The summed E-state index contributed by atoms with van der Waals surface area (Å²) in [6.07, 6.45) is 0. The van der Waals surface area contributed by atoms with Crippen molar-refractivity contribution < 1.29 is 14.3 Å². The van der Waals surface area contributed by atoms with E-state index in [-0.39, 0.29) is 11.9 Å². The molecule has 0 aromatic heterocycles. The molecule has 0 aliphatic carbocycles. The first-order valence-electron chi connectivity index (χ1n) is 6.92. The van der Waals surface area contributed by atoms with Crippen LogP contribution in [-0.2, 0) is 0 Å². The lowest BCUT2D eigenvalue weighted by Crippen LogP contribution is -2.36. The van der Waals surface area contributed by atoms with E-state index in [1.807, 2.05) is 49.4 Å². The van der Waals surface area contributed by atoms with Gasteiger partial charge in [0.15, 0.2) is 0 Å². The van der Waals surface area contributed by atoms with Crippen LogP contribution in [0.4, 0.5) is 0 Å². The summed E-state index contributed by atoms with van der Waals surface area (Å²) in [5.74, 6) is 1.39. The molecular weight excluding hydrogens is 346 g/mol. The summed E-state index contributed by atoms with van der Waals surface area (Å²) in [5.41, 5.74) is 0.610. The normalized spacial score (nSPS) is 11.6. The van der Waals surface area contributed by atoms with Gasteiger partial charge in [-0.3, -0.25) is 4.79 Å². The standard InChI is InChI=1S/C17H18BrNO3/c1-12(11-22-14-9-7-13(21-2)8-10-14)19-17(20)15-5-3-4-6-16(15)18/h3-10,12H,11H2,1-2H3,(H,19,20). The summed E-state index contributed by atoms with van der Waals surface area (Å²) in [4.78, 5) is 12.2. The fourth-order valence-corrected chi connectivity index (χ4v) is 2.35. The van der Waals surface area contributed by atoms with E-state index in [1.54, 1.807) is 13.2 Å². The Hall–Kier alpha value is -2.01. The average molecular weight is 364 g/mol. The Morgan fingerprint density at radius 1 is 1.14 bits per heavy atom. The molecule has 2 aromatic carbocycles. The van der Waals surface area contributed by atoms with Crippen LogP contribution in [0, 0.1) is 0 Å². The summed E-state index contributed by atoms with van der Waals surface area (Å²) in [7, 11) is 1.62. The lowest BCUT2D eigenvalue weighted by atomic mass is 10.2. The van der Waals surface area contributed by atoms with Gasteiger partial charge in [-0.05, 0) is 59.3 Å². The lowest BCUT2D eigenvalue weighted by Gasteiger charge is -2.15. The number of rotatable bonds is 6. The Morgan fingerprint density at radius 2 is 1.77 bits per heavy atom. The van der Waals surface area contributed by atoms with Crippen LogP contribution in [-0.4, -0.2) is 25.7 Å². The second-order valence-corrected chi connectivity index (χ2v) is 5.70. The fourth-order valence-electron chi connectivity index (χ4n) is 1.88. The van der Waals surface area contributed by atoms with Gasteiger partial charge in [0.1, 0.15) is 18.1 Å². The van der Waals surface area contributed by atoms with Crippen molar-refractivity contribution in [3.8, 4) is 11.5 Å². The zero-order chi connectivity index (χ0) is 15.9. The first kappa shape index (κ1) is 16.4.